The zero-order valence-electron chi connectivity index (χ0n) is 12.7. The maximum absolute atomic E-state index is 11.4. The Morgan fingerprint density at radius 3 is 1.79 bits per heavy atom. The van der Waals surface area contributed by atoms with Gasteiger partial charge in [0.1, 0.15) is 0 Å². The van der Waals surface area contributed by atoms with Crippen LogP contribution in [0.1, 0.15) is 29.5 Å². The van der Waals surface area contributed by atoms with E-state index in [4.69, 9.17) is 0 Å². The summed E-state index contributed by atoms with van der Waals surface area (Å²) in [4.78, 5) is 31.9. The Bertz CT molecular complexity index is 937. The third kappa shape index (κ3) is 2.09. The molecular formula is C15H11N3O6. The second-order valence-corrected chi connectivity index (χ2v) is 5.67. The molecule has 2 aromatic rings. The van der Waals surface area contributed by atoms with Crippen molar-refractivity contribution in [3.63, 3.8) is 0 Å². The lowest BCUT2D eigenvalue weighted by molar-refractivity contribution is -0.394. The first-order valence-corrected chi connectivity index (χ1v) is 6.98. The standard InChI is InChI=1S/C15H11N3O6/c1-7-3-10-8(2)11-5-9(16(19)20)6-13(18(23)24)15(11)14(10)12(4-7)17(21)22/h3-6,8H,1-2H3. The Morgan fingerprint density at radius 1 is 0.792 bits per heavy atom. The van der Waals surface area contributed by atoms with Gasteiger partial charge in [-0.3, -0.25) is 30.3 Å². The van der Waals surface area contributed by atoms with Gasteiger partial charge in [-0.2, -0.15) is 0 Å². The van der Waals surface area contributed by atoms with E-state index in [1.807, 2.05) is 0 Å². The number of nitro benzene ring substituents is 3. The molecule has 1 unspecified atom stereocenters. The number of hydrogen-bond acceptors (Lipinski definition) is 6. The normalized spacial score (nSPS) is 14.8. The molecule has 0 heterocycles. The first kappa shape index (κ1) is 15.5. The minimum absolute atomic E-state index is 0.0970. The maximum atomic E-state index is 11.4. The van der Waals surface area contributed by atoms with Gasteiger partial charge < -0.3 is 0 Å². The van der Waals surface area contributed by atoms with Crippen LogP contribution in [0.3, 0.4) is 0 Å². The summed E-state index contributed by atoms with van der Waals surface area (Å²) in [6, 6.07) is 5.19. The van der Waals surface area contributed by atoms with Gasteiger partial charge >= 0.3 is 0 Å². The quantitative estimate of drug-likeness (QED) is 0.621. The summed E-state index contributed by atoms with van der Waals surface area (Å²) in [7, 11) is 0. The molecule has 2 aromatic carbocycles. The highest BCUT2D eigenvalue weighted by Gasteiger charge is 2.39. The van der Waals surface area contributed by atoms with Gasteiger partial charge in [0.2, 0.25) is 0 Å². The van der Waals surface area contributed by atoms with E-state index in [1.54, 1.807) is 19.9 Å². The van der Waals surface area contributed by atoms with Gasteiger partial charge in [0.15, 0.2) is 0 Å². The number of benzene rings is 2. The molecule has 9 nitrogen and oxygen atoms in total. The summed E-state index contributed by atoms with van der Waals surface area (Å²) in [5, 5.41) is 33.9. The molecule has 24 heavy (non-hydrogen) atoms. The summed E-state index contributed by atoms with van der Waals surface area (Å²) in [6.45, 7) is 3.42. The second kappa shape index (κ2) is 5.08. The third-order valence-electron chi connectivity index (χ3n) is 4.21. The second-order valence-electron chi connectivity index (χ2n) is 5.67. The van der Waals surface area contributed by atoms with Crippen LogP contribution >= 0.6 is 0 Å². The van der Waals surface area contributed by atoms with Crippen molar-refractivity contribution >= 4 is 17.1 Å². The molecule has 0 spiro atoms. The van der Waals surface area contributed by atoms with Crippen LogP contribution < -0.4 is 0 Å². The molecule has 1 aliphatic rings. The molecule has 0 fully saturated rings. The predicted octanol–water partition coefficient (Wildman–Crippen LogP) is 3.85. The lowest BCUT2D eigenvalue weighted by Gasteiger charge is -2.06. The van der Waals surface area contributed by atoms with Crippen LogP contribution in [0, 0.1) is 37.3 Å². The molecule has 0 radical (unpaired) electrons. The van der Waals surface area contributed by atoms with Crippen molar-refractivity contribution in [2.24, 2.45) is 0 Å². The lowest BCUT2D eigenvalue weighted by atomic mass is 9.97. The van der Waals surface area contributed by atoms with Gasteiger partial charge in [-0.05, 0) is 23.6 Å². The van der Waals surface area contributed by atoms with Crippen LogP contribution in [0.25, 0.3) is 11.1 Å². The van der Waals surface area contributed by atoms with Crippen molar-refractivity contribution in [3.05, 3.63) is 71.3 Å². The number of fused-ring (bicyclic) bond motifs is 3. The minimum Gasteiger partial charge on any atom is -0.258 e. The first-order valence-electron chi connectivity index (χ1n) is 6.98. The average molecular weight is 329 g/mol. The molecule has 0 amide bonds. The number of hydrogen-bond donors (Lipinski definition) is 0. The van der Waals surface area contributed by atoms with E-state index >= 15 is 0 Å². The van der Waals surface area contributed by atoms with Crippen LogP contribution in [0.4, 0.5) is 17.1 Å². The molecule has 3 rings (SSSR count). The Kier molecular flexibility index (Phi) is 3.29. The fraction of sp³-hybridized carbons (Fsp3) is 0.200. The zero-order chi connectivity index (χ0) is 17.8. The number of aryl methyl sites for hydroxylation is 1. The van der Waals surface area contributed by atoms with E-state index in [2.05, 4.69) is 0 Å². The highest BCUT2D eigenvalue weighted by Crippen LogP contribution is 2.53. The molecule has 0 aliphatic heterocycles. The van der Waals surface area contributed by atoms with E-state index in [1.165, 1.54) is 12.1 Å². The minimum atomic E-state index is -0.739. The summed E-state index contributed by atoms with van der Waals surface area (Å²) in [5.41, 5.74) is 0.732. The van der Waals surface area contributed by atoms with E-state index in [0.717, 1.165) is 6.07 Å². The van der Waals surface area contributed by atoms with Crippen LogP contribution in [0.5, 0.6) is 0 Å². The molecule has 0 saturated heterocycles. The average Bonchev–Trinajstić information content (AvgIpc) is 2.78. The molecule has 122 valence electrons. The fourth-order valence-electron chi connectivity index (χ4n) is 3.22. The van der Waals surface area contributed by atoms with Crippen LogP contribution in [0.2, 0.25) is 0 Å². The van der Waals surface area contributed by atoms with E-state index in [9.17, 15) is 30.3 Å². The van der Waals surface area contributed by atoms with Crippen LogP contribution in [-0.4, -0.2) is 14.8 Å². The Morgan fingerprint density at radius 2 is 1.29 bits per heavy atom. The Hall–Kier alpha value is -3.36. The van der Waals surface area contributed by atoms with Crippen molar-refractivity contribution in [1.29, 1.82) is 0 Å². The lowest BCUT2D eigenvalue weighted by Crippen LogP contribution is -1.98. The predicted molar refractivity (Wildman–Crippen MR) is 84.1 cm³/mol. The van der Waals surface area contributed by atoms with Crippen molar-refractivity contribution in [2.75, 3.05) is 0 Å². The number of rotatable bonds is 3. The number of nitrogens with zero attached hydrogens (tertiary/aromatic N) is 3. The number of nitro groups is 3. The SMILES string of the molecule is Cc1cc2c(c([N+](=O)[O-])c1)-c1c(cc([N+](=O)[O-])cc1[N+](=O)[O-])C2C. The molecule has 0 aromatic heterocycles. The van der Waals surface area contributed by atoms with E-state index in [0.29, 0.717) is 16.7 Å². The summed E-state index contributed by atoms with van der Waals surface area (Å²) < 4.78 is 0. The van der Waals surface area contributed by atoms with Gasteiger partial charge in [-0.1, -0.05) is 13.0 Å². The molecule has 0 bridgehead atoms. The van der Waals surface area contributed by atoms with Crippen molar-refractivity contribution in [2.45, 2.75) is 19.8 Å². The van der Waals surface area contributed by atoms with Gasteiger partial charge in [-0.25, -0.2) is 0 Å². The van der Waals surface area contributed by atoms with Gasteiger partial charge in [0, 0.05) is 18.1 Å². The van der Waals surface area contributed by atoms with Crippen molar-refractivity contribution in [3.8, 4) is 11.1 Å². The Labute approximate surface area is 135 Å². The number of non-ortho nitro benzene ring substituents is 1. The maximum Gasteiger partial charge on any atom is 0.284 e. The molecule has 0 N–H and O–H groups in total. The van der Waals surface area contributed by atoms with Crippen molar-refractivity contribution in [1.82, 2.24) is 0 Å². The largest absolute Gasteiger partial charge is 0.284 e. The van der Waals surface area contributed by atoms with Crippen molar-refractivity contribution < 1.29 is 14.8 Å². The topological polar surface area (TPSA) is 129 Å². The molecule has 1 atom stereocenters. The van der Waals surface area contributed by atoms with Gasteiger partial charge in [0.05, 0.1) is 32.0 Å². The van der Waals surface area contributed by atoms with Gasteiger partial charge in [0.25, 0.3) is 17.1 Å². The third-order valence-corrected chi connectivity index (χ3v) is 4.21. The fourth-order valence-corrected chi connectivity index (χ4v) is 3.22. The monoisotopic (exact) mass is 329 g/mol. The highest BCUT2D eigenvalue weighted by atomic mass is 16.6. The molecule has 1 aliphatic carbocycles. The highest BCUT2D eigenvalue weighted by molar-refractivity contribution is 5.92. The zero-order valence-corrected chi connectivity index (χ0v) is 12.7. The summed E-state index contributed by atoms with van der Waals surface area (Å²) >= 11 is 0. The molecular weight excluding hydrogens is 318 g/mol. The van der Waals surface area contributed by atoms with Crippen LogP contribution in [-0.2, 0) is 0 Å². The van der Waals surface area contributed by atoms with E-state index < -0.39 is 32.1 Å². The smallest absolute Gasteiger partial charge is 0.258 e. The first-order chi connectivity index (χ1) is 11.2. The Balaban J connectivity index is 2.46. The van der Waals surface area contributed by atoms with Gasteiger partial charge in [-0.15, -0.1) is 0 Å². The summed E-state index contributed by atoms with van der Waals surface area (Å²) in [5.74, 6) is -0.410. The molecule has 9 heteroatoms. The molecule has 0 saturated carbocycles. The summed E-state index contributed by atoms with van der Waals surface area (Å²) in [6.07, 6.45) is 0. The van der Waals surface area contributed by atoms with Crippen LogP contribution in [0.15, 0.2) is 24.3 Å². The van der Waals surface area contributed by atoms with E-state index in [-0.39, 0.29) is 16.8 Å².